The fourth-order valence-electron chi connectivity index (χ4n) is 2.25. The molecular formula is C17H18O3. The topological polar surface area (TPSA) is 46.5 Å². The van der Waals surface area contributed by atoms with E-state index in [9.17, 15) is 4.79 Å². The van der Waals surface area contributed by atoms with E-state index in [0.29, 0.717) is 12.0 Å². The van der Waals surface area contributed by atoms with E-state index in [1.165, 1.54) is 12.7 Å². The van der Waals surface area contributed by atoms with Gasteiger partial charge in [0.1, 0.15) is 0 Å². The van der Waals surface area contributed by atoms with Crippen LogP contribution >= 0.6 is 0 Å². The lowest BCUT2D eigenvalue weighted by molar-refractivity contribution is 0.0600. The number of esters is 1. The molecule has 1 N–H and O–H groups in total. The number of hydrogen-bond donors (Lipinski definition) is 1. The molecule has 2 aromatic rings. The third-order valence-electron chi connectivity index (χ3n) is 3.28. The van der Waals surface area contributed by atoms with Gasteiger partial charge >= 0.3 is 5.97 Å². The molecule has 3 heteroatoms. The Kier molecular flexibility index (Phi) is 4.53. The summed E-state index contributed by atoms with van der Waals surface area (Å²) in [4.78, 5) is 12.1. The molecule has 0 heterocycles. The molecule has 0 saturated heterocycles. The Morgan fingerprint density at radius 1 is 1.15 bits per heavy atom. The van der Waals surface area contributed by atoms with Crippen molar-refractivity contribution >= 4 is 5.97 Å². The predicted molar refractivity (Wildman–Crippen MR) is 78.7 cm³/mol. The molecule has 2 rings (SSSR count). The standard InChI is InChI=1S/C17H18O3/c1-12-6-8-13(9-7-12)15-5-3-4-14(10-11-18)16(15)17(19)20-2/h3-9,18H,10-11H2,1-2H3. The number of aliphatic hydroxyl groups is 1. The van der Waals surface area contributed by atoms with Crippen molar-refractivity contribution in [1.29, 1.82) is 0 Å². The fraction of sp³-hybridized carbons (Fsp3) is 0.235. The second kappa shape index (κ2) is 6.35. The zero-order valence-electron chi connectivity index (χ0n) is 11.7. The molecule has 0 aliphatic rings. The Labute approximate surface area is 118 Å². The lowest BCUT2D eigenvalue weighted by Crippen LogP contribution is -2.09. The summed E-state index contributed by atoms with van der Waals surface area (Å²) in [5.41, 5.74) is 4.31. The first-order valence-electron chi connectivity index (χ1n) is 6.55. The maximum atomic E-state index is 12.1. The van der Waals surface area contributed by atoms with Crippen LogP contribution < -0.4 is 0 Å². The van der Waals surface area contributed by atoms with Gasteiger partial charge in [-0.05, 0) is 30.0 Å². The van der Waals surface area contributed by atoms with E-state index in [0.717, 1.165) is 16.7 Å². The number of rotatable bonds is 4. The van der Waals surface area contributed by atoms with E-state index in [1.54, 1.807) is 0 Å². The van der Waals surface area contributed by atoms with Gasteiger partial charge in [0.05, 0.1) is 12.7 Å². The van der Waals surface area contributed by atoms with Crippen LogP contribution in [-0.4, -0.2) is 24.8 Å². The predicted octanol–water partition coefficient (Wildman–Crippen LogP) is 2.98. The average molecular weight is 270 g/mol. The Balaban J connectivity index is 2.59. The molecule has 3 nitrogen and oxygen atoms in total. The third-order valence-corrected chi connectivity index (χ3v) is 3.28. The largest absolute Gasteiger partial charge is 0.465 e. The van der Waals surface area contributed by atoms with Crippen molar-refractivity contribution in [2.24, 2.45) is 0 Å². The van der Waals surface area contributed by atoms with Gasteiger partial charge in [-0.15, -0.1) is 0 Å². The molecule has 2 aromatic carbocycles. The number of ether oxygens (including phenoxy) is 1. The van der Waals surface area contributed by atoms with Crippen molar-refractivity contribution < 1.29 is 14.6 Å². The lowest BCUT2D eigenvalue weighted by Gasteiger charge is -2.13. The summed E-state index contributed by atoms with van der Waals surface area (Å²) in [7, 11) is 1.37. The highest BCUT2D eigenvalue weighted by atomic mass is 16.5. The quantitative estimate of drug-likeness (QED) is 0.869. The Morgan fingerprint density at radius 2 is 1.85 bits per heavy atom. The first kappa shape index (κ1) is 14.3. The minimum absolute atomic E-state index is 0.00133. The van der Waals surface area contributed by atoms with E-state index < -0.39 is 0 Å². The monoisotopic (exact) mass is 270 g/mol. The normalized spacial score (nSPS) is 10.3. The maximum absolute atomic E-state index is 12.1. The summed E-state index contributed by atoms with van der Waals surface area (Å²) in [5.74, 6) is -0.371. The molecule has 0 saturated carbocycles. The van der Waals surface area contributed by atoms with E-state index in [2.05, 4.69) is 0 Å². The van der Waals surface area contributed by atoms with Crippen LogP contribution in [-0.2, 0) is 11.2 Å². The molecule has 0 spiro atoms. The Hall–Kier alpha value is -2.13. The average Bonchev–Trinajstić information content (AvgIpc) is 2.47. The van der Waals surface area contributed by atoms with E-state index in [1.807, 2.05) is 49.4 Å². The number of aliphatic hydroxyl groups excluding tert-OH is 1. The zero-order valence-corrected chi connectivity index (χ0v) is 11.7. The third kappa shape index (κ3) is 2.89. The minimum Gasteiger partial charge on any atom is -0.465 e. The number of carbonyl (C=O) groups is 1. The molecule has 0 aromatic heterocycles. The lowest BCUT2D eigenvalue weighted by atomic mass is 9.93. The molecule has 0 atom stereocenters. The van der Waals surface area contributed by atoms with Crippen molar-refractivity contribution in [2.75, 3.05) is 13.7 Å². The zero-order chi connectivity index (χ0) is 14.5. The molecule has 0 radical (unpaired) electrons. The van der Waals surface area contributed by atoms with Crippen LogP contribution in [0.15, 0.2) is 42.5 Å². The second-order valence-corrected chi connectivity index (χ2v) is 4.67. The molecule has 0 unspecified atom stereocenters. The molecule has 0 aliphatic heterocycles. The summed E-state index contributed by atoms with van der Waals surface area (Å²) < 4.78 is 4.89. The smallest absolute Gasteiger partial charge is 0.338 e. The van der Waals surface area contributed by atoms with Crippen LogP contribution in [0.25, 0.3) is 11.1 Å². The van der Waals surface area contributed by atoms with Gasteiger partial charge in [-0.25, -0.2) is 4.79 Å². The fourth-order valence-corrected chi connectivity index (χ4v) is 2.25. The number of carbonyl (C=O) groups excluding carboxylic acids is 1. The van der Waals surface area contributed by atoms with Gasteiger partial charge in [0.15, 0.2) is 0 Å². The molecule has 0 fully saturated rings. The summed E-state index contributed by atoms with van der Waals surface area (Å²) in [6, 6.07) is 13.6. The van der Waals surface area contributed by atoms with Crippen molar-refractivity contribution in [3.05, 3.63) is 59.2 Å². The first-order valence-corrected chi connectivity index (χ1v) is 6.55. The Bertz CT molecular complexity index is 600. The SMILES string of the molecule is COC(=O)c1c(CCO)cccc1-c1ccc(C)cc1. The van der Waals surface area contributed by atoms with Crippen LogP contribution in [0.2, 0.25) is 0 Å². The van der Waals surface area contributed by atoms with Gasteiger partial charge in [0.2, 0.25) is 0 Å². The van der Waals surface area contributed by atoms with E-state index in [4.69, 9.17) is 9.84 Å². The van der Waals surface area contributed by atoms with Crippen molar-refractivity contribution in [2.45, 2.75) is 13.3 Å². The van der Waals surface area contributed by atoms with Crippen LogP contribution in [0.4, 0.5) is 0 Å². The highest BCUT2D eigenvalue weighted by Gasteiger charge is 2.17. The molecule has 104 valence electrons. The van der Waals surface area contributed by atoms with Crippen molar-refractivity contribution in [3.63, 3.8) is 0 Å². The molecule has 0 bridgehead atoms. The summed E-state index contributed by atoms with van der Waals surface area (Å²) in [5, 5.41) is 9.14. The van der Waals surface area contributed by atoms with Gasteiger partial charge in [-0.2, -0.15) is 0 Å². The van der Waals surface area contributed by atoms with Crippen LogP contribution in [0.3, 0.4) is 0 Å². The van der Waals surface area contributed by atoms with Gasteiger partial charge in [-0.3, -0.25) is 0 Å². The minimum atomic E-state index is -0.371. The summed E-state index contributed by atoms with van der Waals surface area (Å²) in [6.07, 6.45) is 0.435. The molecule has 0 amide bonds. The maximum Gasteiger partial charge on any atom is 0.338 e. The second-order valence-electron chi connectivity index (χ2n) is 4.67. The van der Waals surface area contributed by atoms with Crippen LogP contribution in [0.5, 0.6) is 0 Å². The highest BCUT2D eigenvalue weighted by Crippen LogP contribution is 2.27. The van der Waals surface area contributed by atoms with Crippen LogP contribution in [0, 0.1) is 6.92 Å². The van der Waals surface area contributed by atoms with Gasteiger partial charge in [-0.1, -0.05) is 48.0 Å². The number of benzene rings is 2. The molecule has 0 aliphatic carbocycles. The molecular weight excluding hydrogens is 252 g/mol. The first-order chi connectivity index (χ1) is 9.67. The highest BCUT2D eigenvalue weighted by molar-refractivity contribution is 5.98. The van der Waals surface area contributed by atoms with Gasteiger partial charge < -0.3 is 9.84 Å². The van der Waals surface area contributed by atoms with Gasteiger partial charge in [0.25, 0.3) is 0 Å². The van der Waals surface area contributed by atoms with Gasteiger partial charge in [0, 0.05) is 6.61 Å². The van der Waals surface area contributed by atoms with Crippen molar-refractivity contribution in [1.82, 2.24) is 0 Å². The van der Waals surface area contributed by atoms with Crippen LogP contribution in [0.1, 0.15) is 21.5 Å². The number of methoxy groups -OCH3 is 1. The summed E-state index contributed by atoms with van der Waals surface area (Å²) in [6.45, 7) is 2.02. The number of hydrogen-bond acceptors (Lipinski definition) is 3. The molecule has 20 heavy (non-hydrogen) atoms. The van der Waals surface area contributed by atoms with E-state index in [-0.39, 0.29) is 12.6 Å². The summed E-state index contributed by atoms with van der Waals surface area (Å²) >= 11 is 0. The van der Waals surface area contributed by atoms with E-state index >= 15 is 0 Å². The Morgan fingerprint density at radius 3 is 2.45 bits per heavy atom. The van der Waals surface area contributed by atoms with Crippen molar-refractivity contribution in [3.8, 4) is 11.1 Å². The number of aryl methyl sites for hydroxylation is 1.